The van der Waals surface area contributed by atoms with E-state index in [9.17, 15) is 19.8 Å². The molecule has 0 rings (SSSR count). The van der Waals surface area contributed by atoms with E-state index in [4.69, 9.17) is 0 Å². The van der Waals surface area contributed by atoms with Crippen LogP contribution in [-0.4, -0.2) is 46.6 Å². The van der Waals surface area contributed by atoms with Crippen LogP contribution < -0.4 is 0 Å². The van der Waals surface area contributed by atoms with E-state index in [0.717, 1.165) is 13.8 Å². The largest absolute Gasteiger partial charge is 0.464 e. The molecule has 0 saturated heterocycles. The molecule has 16 heavy (non-hydrogen) atoms. The molecule has 0 aromatic heterocycles. The summed E-state index contributed by atoms with van der Waals surface area (Å²) in [6.45, 7) is 5.17. The highest BCUT2D eigenvalue weighted by molar-refractivity contribution is 5.91. The Morgan fingerprint density at radius 3 is 1.38 bits per heavy atom. The van der Waals surface area contributed by atoms with Crippen molar-refractivity contribution in [2.45, 2.75) is 38.9 Å². The first-order valence-corrected chi connectivity index (χ1v) is 5.01. The van der Waals surface area contributed by atoms with Crippen molar-refractivity contribution < 1.29 is 29.3 Å². The van der Waals surface area contributed by atoms with Crippen molar-refractivity contribution in [2.24, 2.45) is 0 Å². The molecule has 2 unspecified atom stereocenters. The predicted octanol–water partition coefficient (Wildman–Crippen LogP) is -0.385. The summed E-state index contributed by atoms with van der Waals surface area (Å²) in [5.74, 6) is -2.15. The first-order valence-electron chi connectivity index (χ1n) is 5.01. The van der Waals surface area contributed by atoms with Gasteiger partial charge in [-0.15, -0.1) is 0 Å². The standard InChI is InChI=1S/C10H18O6/c1-5-15-7(11)9(3,13)10(4,14)8(12)16-6-2/h13-14H,5-6H2,1-4H3. The number of hydrogen-bond donors (Lipinski definition) is 2. The number of carbonyl (C=O) groups excluding carboxylic acids is 2. The maximum atomic E-state index is 11.4. The molecule has 0 aliphatic heterocycles. The molecule has 6 nitrogen and oxygen atoms in total. The lowest BCUT2D eigenvalue weighted by Gasteiger charge is -2.33. The normalized spacial score (nSPS) is 18.1. The van der Waals surface area contributed by atoms with Crippen LogP contribution >= 0.6 is 0 Å². The zero-order valence-electron chi connectivity index (χ0n) is 9.94. The van der Waals surface area contributed by atoms with Gasteiger partial charge in [-0.25, -0.2) is 9.59 Å². The van der Waals surface area contributed by atoms with Gasteiger partial charge in [0.25, 0.3) is 0 Å². The zero-order chi connectivity index (χ0) is 13.0. The Hall–Kier alpha value is -1.14. The minimum absolute atomic E-state index is 0.0356. The van der Waals surface area contributed by atoms with Gasteiger partial charge in [0.2, 0.25) is 0 Å². The van der Waals surface area contributed by atoms with Crippen molar-refractivity contribution in [3.8, 4) is 0 Å². The zero-order valence-corrected chi connectivity index (χ0v) is 9.94. The van der Waals surface area contributed by atoms with Crippen LogP contribution in [0, 0.1) is 0 Å². The molecule has 0 aliphatic carbocycles. The van der Waals surface area contributed by atoms with Crippen LogP contribution in [0.25, 0.3) is 0 Å². The number of ether oxygens (including phenoxy) is 2. The molecule has 0 aromatic carbocycles. The molecule has 0 saturated carbocycles. The highest BCUT2D eigenvalue weighted by Gasteiger charge is 2.55. The van der Waals surface area contributed by atoms with Crippen LogP contribution in [0.3, 0.4) is 0 Å². The molecule has 94 valence electrons. The second-order valence-electron chi connectivity index (χ2n) is 3.59. The predicted molar refractivity (Wildman–Crippen MR) is 54.5 cm³/mol. The quantitative estimate of drug-likeness (QED) is 0.629. The Bertz CT molecular complexity index is 240. The van der Waals surface area contributed by atoms with Gasteiger partial charge in [0.05, 0.1) is 13.2 Å². The Morgan fingerprint density at radius 1 is 0.938 bits per heavy atom. The van der Waals surface area contributed by atoms with Gasteiger partial charge in [-0.05, 0) is 27.7 Å². The fourth-order valence-electron chi connectivity index (χ4n) is 0.941. The number of carbonyl (C=O) groups is 2. The average molecular weight is 234 g/mol. The summed E-state index contributed by atoms with van der Waals surface area (Å²) < 4.78 is 9.13. The molecule has 0 heterocycles. The van der Waals surface area contributed by atoms with Crippen molar-refractivity contribution in [1.82, 2.24) is 0 Å². The van der Waals surface area contributed by atoms with Gasteiger partial charge in [-0.2, -0.15) is 0 Å². The summed E-state index contributed by atoms with van der Waals surface area (Å²) in [6.07, 6.45) is 0. The van der Waals surface area contributed by atoms with E-state index in [1.54, 1.807) is 13.8 Å². The van der Waals surface area contributed by atoms with E-state index >= 15 is 0 Å². The first-order chi connectivity index (χ1) is 7.21. The molecule has 0 amide bonds. The second kappa shape index (κ2) is 5.27. The van der Waals surface area contributed by atoms with Crippen molar-refractivity contribution in [3.63, 3.8) is 0 Å². The van der Waals surface area contributed by atoms with Crippen molar-refractivity contribution in [1.29, 1.82) is 0 Å². The van der Waals surface area contributed by atoms with E-state index in [1.807, 2.05) is 0 Å². The lowest BCUT2D eigenvalue weighted by molar-refractivity contribution is -0.206. The molecule has 0 fully saturated rings. The second-order valence-corrected chi connectivity index (χ2v) is 3.59. The molecule has 2 N–H and O–H groups in total. The maximum Gasteiger partial charge on any atom is 0.341 e. The Morgan fingerprint density at radius 2 is 1.19 bits per heavy atom. The van der Waals surface area contributed by atoms with Crippen molar-refractivity contribution in [2.75, 3.05) is 13.2 Å². The van der Waals surface area contributed by atoms with Crippen LogP contribution in [0.4, 0.5) is 0 Å². The van der Waals surface area contributed by atoms with Crippen LogP contribution in [0.5, 0.6) is 0 Å². The van der Waals surface area contributed by atoms with Gasteiger partial charge in [0.1, 0.15) is 0 Å². The van der Waals surface area contributed by atoms with Crippen LogP contribution in [0.15, 0.2) is 0 Å². The third kappa shape index (κ3) is 2.70. The third-order valence-corrected chi connectivity index (χ3v) is 2.29. The van der Waals surface area contributed by atoms with Crippen LogP contribution in [0.2, 0.25) is 0 Å². The smallest absolute Gasteiger partial charge is 0.341 e. The summed E-state index contributed by atoms with van der Waals surface area (Å²) in [6, 6.07) is 0. The van der Waals surface area contributed by atoms with E-state index in [2.05, 4.69) is 9.47 Å². The van der Waals surface area contributed by atoms with Crippen molar-refractivity contribution >= 4 is 11.9 Å². The van der Waals surface area contributed by atoms with E-state index in [1.165, 1.54) is 0 Å². The summed E-state index contributed by atoms with van der Waals surface area (Å²) >= 11 is 0. The van der Waals surface area contributed by atoms with Crippen LogP contribution in [-0.2, 0) is 19.1 Å². The number of esters is 2. The molecule has 2 atom stereocenters. The Kier molecular flexibility index (Phi) is 4.89. The van der Waals surface area contributed by atoms with Gasteiger partial charge < -0.3 is 19.7 Å². The molecule has 0 radical (unpaired) electrons. The summed E-state index contributed by atoms with van der Waals surface area (Å²) in [5, 5.41) is 19.6. The average Bonchev–Trinajstić information content (AvgIpc) is 2.18. The monoisotopic (exact) mass is 234 g/mol. The van der Waals surface area contributed by atoms with E-state index in [0.29, 0.717) is 0 Å². The van der Waals surface area contributed by atoms with Gasteiger partial charge in [0, 0.05) is 0 Å². The number of hydrogen-bond acceptors (Lipinski definition) is 6. The molecular weight excluding hydrogens is 216 g/mol. The summed E-state index contributed by atoms with van der Waals surface area (Å²) in [5.41, 5.74) is -4.70. The minimum atomic E-state index is -2.35. The molecular formula is C10H18O6. The maximum absolute atomic E-state index is 11.4. The van der Waals surface area contributed by atoms with Gasteiger partial charge >= 0.3 is 11.9 Å². The van der Waals surface area contributed by atoms with E-state index < -0.39 is 23.1 Å². The van der Waals surface area contributed by atoms with Gasteiger partial charge in [-0.1, -0.05) is 0 Å². The lowest BCUT2D eigenvalue weighted by atomic mass is 9.86. The fraction of sp³-hybridized carbons (Fsp3) is 0.800. The number of aliphatic hydroxyl groups is 2. The molecule has 0 aliphatic rings. The fourth-order valence-corrected chi connectivity index (χ4v) is 0.941. The van der Waals surface area contributed by atoms with Gasteiger partial charge in [-0.3, -0.25) is 0 Å². The summed E-state index contributed by atoms with van der Waals surface area (Å²) in [7, 11) is 0. The first kappa shape index (κ1) is 14.9. The molecule has 0 aromatic rings. The topological polar surface area (TPSA) is 93.1 Å². The highest BCUT2D eigenvalue weighted by atomic mass is 16.6. The highest BCUT2D eigenvalue weighted by Crippen LogP contribution is 2.25. The van der Waals surface area contributed by atoms with Gasteiger partial charge in [0.15, 0.2) is 11.2 Å². The lowest BCUT2D eigenvalue weighted by Crippen LogP contribution is -2.61. The molecule has 6 heteroatoms. The Labute approximate surface area is 94.2 Å². The Balaban J connectivity index is 4.96. The van der Waals surface area contributed by atoms with E-state index in [-0.39, 0.29) is 13.2 Å². The van der Waals surface area contributed by atoms with Crippen LogP contribution in [0.1, 0.15) is 27.7 Å². The van der Waals surface area contributed by atoms with Crippen molar-refractivity contribution in [3.05, 3.63) is 0 Å². The third-order valence-electron chi connectivity index (χ3n) is 2.29. The summed E-state index contributed by atoms with van der Waals surface area (Å²) in [4.78, 5) is 22.8. The molecule has 0 bridgehead atoms. The minimum Gasteiger partial charge on any atom is -0.464 e. The number of rotatable bonds is 5. The SMILES string of the molecule is CCOC(=O)C(C)(O)C(C)(O)C(=O)OCC. The molecule has 0 spiro atoms.